The van der Waals surface area contributed by atoms with Crippen LogP contribution in [0.3, 0.4) is 0 Å². The predicted molar refractivity (Wildman–Crippen MR) is 276 cm³/mol. The van der Waals surface area contributed by atoms with Crippen molar-refractivity contribution in [3.63, 3.8) is 0 Å². The van der Waals surface area contributed by atoms with Crippen molar-refractivity contribution in [1.29, 1.82) is 0 Å². The molecular formula is C55H102ClNO12. The second kappa shape index (κ2) is 31.2. The lowest BCUT2D eigenvalue weighted by atomic mass is 9.74. The van der Waals surface area contributed by atoms with Crippen molar-refractivity contribution < 1.29 is 58.2 Å². The van der Waals surface area contributed by atoms with Crippen molar-refractivity contribution in [3.8, 4) is 0 Å². The second-order valence-corrected chi connectivity index (χ2v) is 24.7. The lowest BCUT2D eigenvalue weighted by Crippen LogP contribution is -2.35. The van der Waals surface area contributed by atoms with E-state index in [0.29, 0.717) is 54.8 Å². The van der Waals surface area contributed by atoms with Gasteiger partial charge in [0.05, 0.1) is 30.1 Å². The number of methoxy groups -OCH3 is 1. The molecule has 4 aliphatic carbocycles. The first-order valence-electron chi connectivity index (χ1n) is 26.3. The van der Waals surface area contributed by atoms with Crippen LogP contribution in [-0.2, 0) is 42.9 Å². The molecule has 0 aromatic rings. The van der Waals surface area contributed by atoms with Crippen LogP contribution in [0.1, 0.15) is 231 Å². The highest BCUT2D eigenvalue weighted by Gasteiger charge is 2.33. The van der Waals surface area contributed by atoms with Crippen LogP contribution in [0.2, 0.25) is 0 Å². The predicted octanol–water partition coefficient (Wildman–Crippen LogP) is 11.7. The Morgan fingerprint density at radius 2 is 0.710 bits per heavy atom. The molecule has 0 saturated heterocycles. The van der Waals surface area contributed by atoms with Gasteiger partial charge in [-0.3, -0.25) is 24.0 Å². The van der Waals surface area contributed by atoms with Crippen LogP contribution in [0.4, 0.5) is 0 Å². The molecule has 0 heterocycles. The van der Waals surface area contributed by atoms with Crippen molar-refractivity contribution in [2.45, 2.75) is 259 Å². The topological polar surface area (TPSA) is 209 Å². The zero-order valence-electron chi connectivity index (χ0n) is 45.9. The van der Waals surface area contributed by atoms with Crippen LogP contribution in [0.5, 0.6) is 0 Å². The van der Waals surface area contributed by atoms with E-state index in [1.807, 2.05) is 90.0 Å². The third kappa shape index (κ3) is 31.6. The lowest BCUT2D eigenvalue weighted by molar-refractivity contribution is -0.156. The Morgan fingerprint density at radius 3 is 0.942 bits per heavy atom. The fraction of sp³-hybridized carbons (Fsp3) is 0.909. The summed E-state index contributed by atoms with van der Waals surface area (Å²) in [5, 5.41) is 28.7. The molecule has 0 unspecified atom stereocenters. The maximum absolute atomic E-state index is 11.7. The Hall–Kier alpha value is -2.48. The average molecular weight is 1000 g/mol. The molecule has 0 radical (unpaired) electrons. The number of hydrogen-bond acceptors (Lipinski definition) is 12. The minimum Gasteiger partial charge on any atom is -0.481 e. The van der Waals surface area contributed by atoms with Crippen LogP contribution in [-0.4, -0.2) is 86.8 Å². The minimum absolute atomic E-state index is 0. The Labute approximate surface area is 425 Å². The van der Waals surface area contributed by atoms with Gasteiger partial charge in [-0.05, 0) is 241 Å². The van der Waals surface area contributed by atoms with Crippen molar-refractivity contribution in [1.82, 2.24) is 0 Å². The van der Waals surface area contributed by atoms with Crippen LogP contribution >= 0.6 is 12.4 Å². The normalized spacial score (nSPS) is 25.5. The van der Waals surface area contributed by atoms with Gasteiger partial charge in [-0.25, -0.2) is 0 Å². The van der Waals surface area contributed by atoms with Crippen molar-refractivity contribution in [3.05, 3.63) is 0 Å². The summed E-state index contributed by atoms with van der Waals surface area (Å²) in [6, 6.07) is 0. The minimum atomic E-state index is -0.680. The van der Waals surface area contributed by atoms with Gasteiger partial charge in [0.15, 0.2) is 0 Å². The van der Waals surface area contributed by atoms with Gasteiger partial charge in [-0.15, -0.1) is 12.4 Å². The van der Waals surface area contributed by atoms with Gasteiger partial charge in [-0.1, -0.05) is 12.8 Å². The molecule has 0 aromatic heterocycles. The maximum atomic E-state index is 11.7. The number of aliphatic hydroxyl groups is 2. The summed E-state index contributed by atoms with van der Waals surface area (Å²) in [5.74, 6) is 1.99. The zero-order valence-corrected chi connectivity index (χ0v) is 46.7. The third-order valence-electron chi connectivity index (χ3n) is 14.1. The average Bonchev–Trinajstić information content (AvgIpc) is 3.22. The van der Waals surface area contributed by atoms with Crippen molar-refractivity contribution >= 4 is 42.3 Å². The van der Waals surface area contributed by atoms with Crippen LogP contribution in [0.15, 0.2) is 0 Å². The summed E-state index contributed by atoms with van der Waals surface area (Å²) in [5.41, 5.74) is 3.35. The molecule has 4 aliphatic rings. The van der Waals surface area contributed by atoms with E-state index >= 15 is 0 Å². The van der Waals surface area contributed by atoms with Gasteiger partial charge in [0.25, 0.3) is 0 Å². The summed E-state index contributed by atoms with van der Waals surface area (Å²) >= 11 is 0. The van der Waals surface area contributed by atoms with Gasteiger partial charge in [0, 0.05) is 19.3 Å². The molecule has 0 spiro atoms. The third-order valence-corrected chi connectivity index (χ3v) is 14.1. The summed E-state index contributed by atoms with van der Waals surface area (Å²) in [4.78, 5) is 57.1. The Balaban J connectivity index is 0.000000900. The van der Waals surface area contributed by atoms with E-state index in [1.165, 1.54) is 20.0 Å². The molecule has 0 aliphatic heterocycles. The molecule has 0 aromatic carbocycles. The molecule has 406 valence electrons. The number of carboxylic acid groups (broad SMARTS) is 1. The Bertz CT molecular complexity index is 1470. The highest BCUT2D eigenvalue weighted by Crippen LogP contribution is 2.38. The number of hydrogen-bond donors (Lipinski definition) is 4. The van der Waals surface area contributed by atoms with Crippen LogP contribution in [0, 0.1) is 47.3 Å². The van der Waals surface area contributed by atoms with E-state index in [4.69, 9.17) is 29.8 Å². The number of carbonyl (C=O) groups is 5. The number of carbonyl (C=O) groups excluding carboxylic acids is 4. The lowest BCUT2D eigenvalue weighted by Gasteiger charge is -2.35. The highest BCUT2D eigenvalue weighted by atomic mass is 35.5. The van der Waals surface area contributed by atoms with E-state index in [-0.39, 0.29) is 53.7 Å². The molecule has 13 nitrogen and oxygen atoms in total. The number of carboxylic acids is 1. The number of esters is 4. The molecule has 4 fully saturated rings. The zero-order chi connectivity index (χ0) is 52.1. The SMILES string of the molecule is CC(C)(C)OC(=O)CCC1CCC(C(=O)O)CC1.CC(C)(C)OC(=O)CCC1CCC(C(C)(C)O)CC1.CC(C)(O)C1CCC(CN)CC1.COC(=O)C1CCC(CCC(=O)OC(C)(C)C)CC1.Cl. The van der Waals surface area contributed by atoms with Crippen molar-refractivity contribution in [2.24, 2.45) is 53.1 Å². The number of aliphatic carboxylic acids is 1. The van der Waals surface area contributed by atoms with Gasteiger partial charge in [0.1, 0.15) is 16.8 Å². The molecule has 0 amide bonds. The molecular weight excluding hydrogens is 902 g/mol. The van der Waals surface area contributed by atoms with E-state index < -0.39 is 28.4 Å². The van der Waals surface area contributed by atoms with E-state index in [9.17, 15) is 34.2 Å². The van der Waals surface area contributed by atoms with Gasteiger partial charge < -0.3 is 40.0 Å². The largest absolute Gasteiger partial charge is 0.481 e. The highest BCUT2D eigenvalue weighted by molar-refractivity contribution is 5.85. The first kappa shape index (κ1) is 66.5. The monoisotopic (exact) mass is 1000 g/mol. The summed E-state index contributed by atoms with van der Waals surface area (Å²) in [6.07, 6.45) is 20.2. The number of ether oxygens (including phenoxy) is 4. The molecule has 4 rings (SSSR count). The number of rotatable bonds is 14. The summed E-state index contributed by atoms with van der Waals surface area (Å²) in [7, 11) is 1.44. The summed E-state index contributed by atoms with van der Waals surface area (Å²) < 4.78 is 20.6. The molecule has 69 heavy (non-hydrogen) atoms. The van der Waals surface area contributed by atoms with Crippen LogP contribution in [0.25, 0.3) is 0 Å². The van der Waals surface area contributed by atoms with E-state index in [0.717, 1.165) is 116 Å². The first-order chi connectivity index (χ1) is 31.2. The van der Waals surface area contributed by atoms with Gasteiger partial charge in [-0.2, -0.15) is 0 Å². The molecule has 4 saturated carbocycles. The van der Waals surface area contributed by atoms with Crippen molar-refractivity contribution in [2.75, 3.05) is 13.7 Å². The molecule has 5 N–H and O–H groups in total. The fourth-order valence-corrected chi connectivity index (χ4v) is 9.96. The van der Waals surface area contributed by atoms with Gasteiger partial charge in [0.2, 0.25) is 0 Å². The molecule has 0 bridgehead atoms. The van der Waals surface area contributed by atoms with Gasteiger partial charge >= 0.3 is 29.8 Å². The maximum Gasteiger partial charge on any atom is 0.308 e. The molecule has 14 heteroatoms. The standard InChI is InChI=1S/C16H30O3.C15H26O4.C14H24O4.C10H21NO.ClH/c1-15(2,3)19-14(17)11-8-12-6-9-13(10-7-12)16(4,5)18;1-15(2,3)19-13(16)10-7-11-5-8-12(9-6-11)14(17)18-4;1-14(2,3)18-12(15)9-6-10-4-7-11(8-5-10)13(16)17;1-10(2,12)9-5-3-8(7-11)4-6-9;/h12-13,18H,6-11H2,1-5H3;11-12H,5-10H2,1-4H3;10-11H,4-9H2,1-3H3,(H,16,17);8-9,12H,3-7,11H2,1-2H3;1H. The smallest absolute Gasteiger partial charge is 0.308 e. The first-order valence-corrected chi connectivity index (χ1v) is 26.3. The van der Waals surface area contributed by atoms with E-state index in [1.54, 1.807) is 0 Å². The second-order valence-electron chi connectivity index (χ2n) is 24.7. The molecule has 0 atom stereocenters. The van der Waals surface area contributed by atoms with E-state index in [2.05, 4.69) is 0 Å². The number of nitrogens with two attached hydrogens (primary N) is 1. The summed E-state index contributed by atoms with van der Waals surface area (Å²) in [6.45, 7) is 25.4. The Morgan fingerprint density at radius 1 is 0.449 bits per heavy atom. The fourth-order valence-electron chi connectivity index (χ4n) is 9.96. The quantitative estimate of drug-likeness (QED) is 0.0944. The Kier molecular flexibility index (Phi) is 30.1. The van der Waals surface area contributed by atoms with Crippen LogP contribution < -0.4 is 5.73 Å². The number of halogens is 1.